The molecule has 0 saturated heterocycles. The number of aryl methyl sites for hydroxylation is 1. The number of halogens is 4. The van der Waals surface area contributed by atoms with Gasteiger partial charge in [0.05, 0.1) is 9.64 Å². The zero-order valence-electron chi connectivity index (χ0n) is 41.1. The van der Waals surface area contributed by atoms with Gasteiger partial charge < -0.3 is 15.8 Å². The second-order valence-electron chi connectivity index (χ2n) is 20.8. The van der Waals surface area contributed by atoms with Gasteiger partial charge in [-0.25, -0.2) is 8.42 Å². The number of hydrogen-bond acceptors (Lipinski definition) is 7. The van der Waals surface area contributed by atoms with Crippen LogP contribution in [-0.4, -0.2) is 50.1 Å². The Bertz CT molecular complexity index is 1930. The smallest absolute Gasteiger partial charge is 0.406 e. The van der Waals surface area contributed by atoms with Gasteiger partial charge in [-0.1, -0.05) is 148 Å². The summed E-state index contributed by atoms with van der Waals surface area (Å²) in [6, 6.07) is 19.4. The average molecular weight is 988 g/mol. The first-order valence-corrected chi connectivity index (χ1v) is 23.5. The predicted octanol–water partition coefficient (Wildman–Crippen LogP) is 14.4. The summed E-state index contributed by atoms with van der Waals surface area (Å²) in [7, 11) is -3.57. The van der Waals surface area contributed by atoms with Crippen LogP contribution in [0.4, 0.5) is 13.2 Å². The molecule has 0 aliphatic rings. The Balaban J connectivity index is -0.000000741. The minimum atomic E-state index is -4.79. The van der Waals surface area contributed by atoms with Crippen molar-refractivity contribution in [2.24, 2.45) is 27.4 Å². The molecule has 3 rings (SSSR count). The molecule has 3 aromatic carbocycles. The van der Waals surface area contributed by atoms with Gasteiger partial charge in [0.15, 0.2) is 21.4 Å². The lowest BCUT2D eigenvalue weighted by molar-refractivity contribution is -0.274. The molecule has 0 atom stereocenters. The van der Waals surface area contributed by atoms with Crippen molar-refractivity contribution < 1.29 is 40.7 Å². The highest BCUT2D eigenvalue weighted by atomic mass is 79.9. The third-order valence-electron chi connectivity index (χ3n) is 8.55. The lowest BCUT2D eigenvalue weighted by atomic mass is 9.86. The van der Waals surface area contributed by atoms with Gasteiger partial charge in [0.25, 0.3) is 0 Å². The second-order valence-corrected chi connectivity index (χ2v) is 24.4. The number of rotatable bonds is 9. The molecule has 0 spiro atoms. The molecular formula is C51H82BrF3N2O6S. The zero-order chi connectivity index (χ0) is 49.8. The number of ketones is 2. The molecule has 0 aromatic heterocycles. The molecule has 8 nitrogen and oxygen atoms in total. The van der Waals surface area contributed by atoms with E-state index in [-0.39, 0.29) is 40.6 Å². The molecule has 0 fully saturated rings. The van der Waals surface area contributed by atoms with E-state index < -0.39 is 26.7 Å². The van der Waals surface area contributed by atoms with E-state index in [4.69, 9.17) is 5.73 Å². The molecule has 0 saturated carbocycles. The van der Waals surface area contributed by atoms with Crippen LogP contribution in [-0.2, 0) is 14.6 Å². The van der Waals surface area contributed by atoms with E-state index in [1.54, 1.807) is 6.92 Å². The normalized spacial score (nSPS) is 11.8. The number of ether oxygens (including phenoxy) is 1. The van der Waals surface area contributed by atoms with Crippen molar-refractivity contribution in [3.05, 3.63) is 94.0 Å². The molecule has 0 aliphatic heterocycles. The van der Waals surface area contributed by atoms with Crippen molar-refractivity contribution in [2.45, 2.75) is 167 Å². The van der Waals surface area contributed by atoms with Gasteiger partial charge in [-0.3, -0.25) is 14.4 Å². The van der Waals surface area contributed by atoms with Crippen LogP contribution < -0.4 is 15.8 Å². The van der Waals surface area contributed by atoms with Crippen LogP contribution in [0.1, 0.15) is 170 Å². The molecule has 3 aromatic rings. The molecule has 0 radical (unpaired) electrons. The third-order valence-corrected chi connectivity index (χ3v) is 11.5. The van der Waals surface area contributed by atoms with Crippen molar-refractivity contribution in [2.75, 3.05) is 13.1 Å². The Morgan fingerprint density at radius 2 is 1.11 bits per heavy atom. The molecule has 366 valence electrons. The van der Waals surface area contributed by atoms with E-state index in [2.05, 4.69) is 67.5 Å². The highest BCUT2D eigenvalue weighted by Crippen LogP contribution is 2.29. The number of Topliss-reactive ketones (excluding diaryl/α,β-unsaturated/α-hetero) is 2. The van der Waals surface area contributed by atoms with E-state index >= 15 is 0 Å². The fourth-order valence-electron chi connectivity index (χ4n) is 4.89. The number of sulfone groups is 1. The molecule has 1 amide bonds. The number of amides is 1. The van der Waals surface area contributed by atoms with E-state index in [0.717, 1.165) is 72.2 Å². The maximum atomic E-state index is 12.0. The Labute approximate surface area is 394 Å². The summed E-state index contributed by atoms with van der Waals surface area (Å²) in [5.74, 6) is -0.00410. The van der Waals surface area contributed by atoms with Gasteiger partial charge in [-0.15, -0.1) is 13.2 Å². The fraction of sp³-hybridized carbons (Fsp3) is 0.588. The monoisotopic (exact) mass is 987 g/mol. The maximum absolute atomic E-state index is 12.0. The summed E-state index contributed by atoms with van der Waals surface area (Å²) in [6.45, 7) is 34.7. The number of benzene rings is 3. The van der Waals surface area contributed by atoms with Crippen molar-refractivity contribution in [3.8, 4) is 5.75 Å². The first kappa shape index (κ1) is 64.7. The lowest BCUT2D eigenvalue weighted by Crippen LogP contribution is -2.27. The van der Waals surface area contributed by atoms with Gasteiger partial charge in [0.2, 0.25) is 5.91 Å². The number of carbonyl (C=O) groups excluding carboxylic acids is 3. The van der Waals surface area contributed by atoms with Gasteiger partial charge >= 0.3 is 6.36 Å². The Kier molecular flexibility index (Phi) is 28.1. The third kappa shape index (κ3) is 30.6. The topological polar surface area (TPSA) is 133 Å². The van der Waals surface area contributed by atoms with Crippen molar-refractivity contribution in [1.29, 1.82) is 0 Å². The van der Waals surface area contributed by atoms with Crippen LogP contribution >= 0.6 is 15.9 Å². The highest BCUT2D eigenvalue weighted by Gasteiger charge is 2.33. The fourth-order valence-corrected chi connectivity index (χ4v) is 6.49. The van der Waals surface area contributed by atoms with E-state index in [0.29, 0.717) is 10.8 Å². The molecule has 3 N–H and O–H groups in total. The zero-order valence-corrected chi connectivity index (χ0v) is 43.5. The van der Waals surface area contributed by atoms with Crippen molar-refractivity contribution in [1.82, 2.24) is 5.32 Å². The van der Waals surface area contributed by atoms with Crippen molar-refractivity contribution in [3.63, 3.8) is 0 Å². The lowest BCUT2D eigenvalue weighted by Gasteiger charge is -2.19. The van der Waals surface area contributed by atoms with Gasteiger partial charge in [-0.05, 0) is 107 Å². The molecule has 0 heterocycles. The quantitative estimate of drug-likeness (QED) is 0.161. The first-order chi connectivity index (χ1) is 28.2. The molecule has 0 bridgehead atoms. The summed E-state index contributed by atoms with van der Waals surface area (Å²) in [5, 5.41) is 2.78. The highest BCUT2D eigenvalue weighted by molar-refractivity contribution is 9.10. The Morgan fingerprint density at radius 3 is 1.45 bits per heavy atom. The minimum Gasteiger partial charge on any atom is -0.406 e. The summed E-state index contributed by atoms with van der Waals surface area (Å²) >= 11 is 3.34. The van der Waals surface area contributed by atoms with Gasteiger partial charge in [0.1, 0.15) is 5.75 Å². The second kappa shape index (κ2) is 27.8. The number of nitrogens with one attached hydrogen (secondary N) is 1. The summed E-state index contributed by atoms with van der Waals surface area (Å²) < 4.78 is 63.3. The summed E-state index contributed by atoms with van der Waals surface area (Å²) in [6.07, 6.45) is -0.159. The molecule has 0 aliphatic carbocycles. The maximum Gasteiger partial charge on any atom is 0.573 e. The van der Waals surface area contributed by atoms with Crippen LogP contribution in [0.2, 0.25) is 0 Å². The SMILES string of the molecule is C.CC(=O)NCCCC(C)(C)C.CC(C)(C)C(=O)c1cccc(Br)c1.CC(C)(C)CCCN.CC(C)(C)S(=O)(=O)c1ccc(OC(F)(F)F)cc1.Cc1ccc(C(=O)C(C)(C)C)cc1. The predicted molar refractivity (Wildman–Crippen MR) is 265 cm³/mol. The molecular weight excluding hydrogens is 906 g/mol. The largest absolute Gasteiger partial charge is 0.573 e. The van der Waals surface area contributed by atoms with Crippen LogP contribution in [0, 0.1) is 28.6 Å². The molecule has 64 heavy (non-hydrogen) atoms. The van der Waals surface area contributed by atoms with Crippen molar-refractivity contribution >= 4 is 43.2 Å². The van der Waals surface area contributed by atoms with E-state index in [1.165, 1.54) is 32.8 Å². The number of carbonyl (C=O) groups is 3. The first-order valence-electron chi connectivity index (χ1n) is 21.2. The molecule has 13 heteroatoms. The van der Waals surface area contributed by atoms with Crippen LogP contribution in [0.5, 0.6) is 5.75 Å². The average Bonchev–Trinajstić information content (AvgIpc) is 3.11. The molecule has 0 unspecified atom stereocenters. The number of alkyl halides is 3. The standard InChI is InChI=1S/C12H16O.C11H13BrO.C11H13F3O3S.C9H19NO.C7H17N.CH4/c1-9-5-7-10(8-6-9)11(13)12(2,3)4;1-11(2,3)10(13)8-5-4-6-9(12)7-8;1-10(2,3)18(15,16)9-6-4-8(5-7-9)17-11(12,13)14;1-8(11)10-7-5-6-9(2,3)4;1-7(2,3)5-4-6-8;/h5-8H,1-4H3;4-7H,1-3H3;4-7H,1-3H3;5-7H2,1-4H3,(H,10,11);4-6,8H2,1-3H3;1H4. The van der Waals surface area contributed by atoms with Gasteiger partial charge in [-0.2, -0.15) is 0 Å². The van der Waals surface area contributed by atoms with E-state index in [9.17, 15) is 36.0 Å². The van der Waals surface area contributed by atoms with Crippen LogP contribution in [0.3, 0.4) is 0 Å². The number of hydrogen-bond donors (Lipinski definition) is 2. The Hall–Kier alpha value is -3.55. The Morgan fingerprint density at radius 1 is 0.672 bits per heavy atom. The van der Waals surface area contributed by atoms with Gasteiger partial charge in [0, 0.05) is 39.9 Å². The van der Waals surface area contributed by atoms with Crippen LogP contribution in [0.15, 0.2) is 82.2 Å². The minimum absolute atomic E-state index is 0. The summed E-state index contributed by atoms with van der Waals surface area (Å²) in [5.41, 5.74) is 8.36. The number of nitrogens with two attached hydrogens (primary N) is 1. The van der Waals surface area contributed by atoms with Crippen LogP contribution in [0.25, 0.3) is 0 Å². The van der Waals surface area contributed by atoms with E-state index in [1.807, 2.05) is 97.0 Å². The summed E-state index contributed by atoms with van der Waals surface area (Å²) in [4.78, 5) is 34.0.